The number of hydrogen-bond acceptors (Lipinski definition) is 8. The van der Waals surface area contributed by atoms with Crippen LogP contribution < -0.4 is 0 Å². The van der Waals surface area contributed by atoms with E-state index in [4.69, 9.17) is 23.7 Å². The quantitative estimate of drug-likeness (QED) is 0.663. The van der Waals surface area contributed by atoms with E-state index in [-0.39, 0.29) is 6.61 Å². The van der Waals surface area contributed by atoms with Crippen LogP contribution >= 0.6 is 0 Å². The Labute approximate surface area is 123 Å². The summed E-state index contributed by atoms with van der Waals surface area (Å²) in [6.07, 6.45) is -4.51. The molecule has 1 heterocycles. The topological polar surface area (TPSA) is 101 Å². The van der Waals surface area contributed by atoms with E-state index in [1.807, 2.05) is 0 Å². The number of esters is 2. The summed E-state index contributed by atoms with van der Waals surface area (Å²) in [5.41, 5.74) is 0. The van der Waals surface area contributed by atoms with Crippen LogP contribution in [-0.4, -0.2) is 68.1 Å². The van der Waals surface area contributed by atoms with Crippen LogP contribution in [0.1, 0.15) is 20.8 Å². The van der Waals surface area contributed by atoms with Crippen molar-refractivity contribution in [1.29, 1.82) is 0 Å². The van der Waals surface area contributed by atoms with E-state index in [2.05, 4.69) is 0 Å². The fraction of sp³-hybridized carbons (Fsp3) is 0.846. The number of carbonyl (C=O) groups is 2. The highest BCUT2D eigenvalue weighted by Gasteiger charge is 2.48. The van der Waals surface area contributed by atoms with Crippen LogP contribution in [0.4, 0.5) is 0 Å². The van der Waals surface area contributed by atoms with Gasteiger partial charge in [-0.2, -0.15) is 0 Å². The molecule has 0 saturated carbocycles. The van der Waals surface area contributed by atoms with Gasteiger partial charge in [-0.25, -0.2) is 0 Å². The van der Waals surface area contributed by atoms with Gasteiger partial charge in [-0.05, 0) is 6.92 Å². The second-order valence-corrected chi connectivity index (χ2v) is 4.56. The zero-order valence-corrected chi connectivity index (χ0v) is 12.6. The number of aliphatic hydroxyl groups is 1. The van der Waals surface area contributed by atoms with Gasteiger partial charge in [0.25, 0.3) is 0 Å². The third-order valence-electron chi connectivity index (χ3n) is 2.99. The first-order chi connectivity index (χ1) is 9.90. The summed E-state index contributed by atoms with van der Waals surface area (Å²) in [6.45, 7) is 4.49. The summed E-state index contributed by atoms with van der Waals surface area (Å²) in [5.74, 6) is -1.04. The number of rotatable bonds is 6. The van der Waals surface area contributed by atoms with Gasteiger partial charge in [-0.15, -0.1) is 0 Å². The van der Waals surface area contributed by atoms with Crippen LogP contribution in [0.3, 0.4) is 0 Å². The highest BCUT2D eigenvalue weighted by molar-refractivity contribution is 5.66. The Morgan fingerprint density at radius 3 is 2.29 bits per heavy atom. The molecule has 0 radical (unpaired) electrons. The van der Waals surface area contributed by atoms with Crippen LogP contribution in [0.25, 0.3) is 0 Å². The van der Waals surface area contributed by atoms with Crippen molar-refractivity contribution in [2.45, 2.75) is 51.5 Å². The Balaban J connectivity index is 2.88. The maximum Gasteiger partial charge on any atom is 0.303 e. The van der Waals surface area contributed by atoms with E-state index in [1.165, 1.54) is 21.0 Å². The number of ether oxygens (including phenoxy) is 5. The Morgan fingerprint density at radius 1 is 1.14 bits per heavy atom. The first kappa shape index (κ1) is 17.8. The standard InChI is InChI=1S/C13H22O8/c1-5-18-11-10(17-4)9(6-19-7(2)14)21-13(16)12(11)20-8(3)15/h9-13,16H,5-6H2,1-4H3/t9-,10-,11+,12+,13+/m1/s1. The molecular formula is C13H22O8. The molecule has 0 aromatic carbocycles. The highest BCUT2D eigenvalue weighted by atomic mass is 16.7. The largest absolute Gasteiger partial charge is 0.463 e. The van der Waals surface area contributed by atoms with Crippen LogP contribution in [0, 0.1) is 0 Å². The molecular weight excluding hydrogens is 284 g/mol. The molecule has 21 heavy (non-hydrogen) atoms. The van der Waals surface area contributed by atoms with Crippen molar-refractivity contribution in [3.8, 4) is 0 Å². The van der Waals surface area contributed by atoms with Crippen LogP contribution in [0.15, 0.2) is 0 Å². The van der Waals surface area contributed by atoms with Gasteiger partial charge in [0.05, 0.1) is 0 Å². The normalized spacial score (nSPS) is 32.5. The molecule has 1 rings (SSSR count). The van der Waals surface area contributed by atoms with E-state index in [1.54, 1.807) is 6.92 Å². The fourth-order valence-corrected chi connectivity index (χ4v) is 2.21. The molecule has 5 atom stereocenters. The molecule has 0 amide bonds. The van der Waals surface area contributed by atoms with Crippen LogP contribution in [-0.2, 0) is 33.3 Å². The summed E-state index contributed by atoms with van der Waals surface area (Å²) in [6, 6.07) is 0. The maximum absolute atomic E-state index is 11.1. The third kappa shape index (κ3) is 4.92. The lowest BCUT2D eigenvalue weighted by atomic mass is 9.98. The highest BCUT2D eigenvalue weighted by Crippen LogP contribution is 2.27. The molecule has 0 bridgehead atoms. The lowest BCUT2D eigenvalue weighted by molar-refractivity contribution is -0.301. The van der Waals surface area contributed by atoms with Gasteiger partial charge < -0.3 is 28.8 Å². The fourth-order valence-electron chi connectivity index (χ4n) is 2.21. The summed E-state index contributed by atoms with van der Waals surface area (Å²) in [4.78, 5) is 22.0. The molecule has 1 aliphatic rings. The first-order valence-corrected chi connectivity index (χ1v) is 6.69. The molecule has 1 fully saturated rings. The van der Waals surface area contributed by atoms with Gasteiger partial charge in [0, 0.05) is 27.6 Å². The first-order valence-electron chi connectivity index (χ1n) is 6.69. The zero-order valence-electron chi connectivity index (χ0n) is 12.6. The number of aliphatic hydroxyl groups excluding tert-OH is 1. The second-order valence-electron chi connectivity index (χ2n) is 4.56. The molecule has 0 aromatic heterocycles. The Bertz CT molecular complexity index is 358. The Kier molecular flexibility index (Phi) is 7.03. The van der Waals surface area contributed by atoms with E-state index < -0.39 is 42.6 Å². The predicted octanol–water partition coefficient (Wildman–Crippen LogP) is -0.381. The number of methoxy groups -OCH3 is 1. The molecule has 122 valence electrons. The monoisotopic (exact) mass is 306 g/mol. The molecule has 1 aliphatic heterocycles. The van der Waals surface area contributed by atoms with Crippen molar-refractivity contribution < 1.29 is 38.4 Å². The smallest absolute Gasteiger partial charge is 0.303 e. The van der Waals surface area contributed by atoms with Crippen molar-refractivity contribution in [2.75, 3.05) is 20.3 Å². The van der Waals surface area contributed by atoms with Crippen molar-refractivity contribution in [2.24, 2.45) is 0 Å². The Hall–Kier alpha value is -1.22. The molecule has 8 heteroatoms. The summed E-state index contributed by atoms with van der Waals surface area (Å²) < 4.78 is 26.1. The molecule has 0 spiro atoms. The predicted molar refractivity (Wildman–Crippen MR) is 69.3 cm³/mol. The zero-order chi connectivity index (χ0) is 16.0. The maximum atomic E-state index is 11.1. The van der Waals surface area contributed by atoms with Gasteiger partial charge >= 0.3 is 11.9 Å². The number of carbonyl (C=O) groups excluding carboxylic acids is 2. The minimum Gasteiger partial charge on any atom is -0.463 e. The van der Waals surface area contributed by atoms with E-state index in [9.17, 15) is 14.7 Å². The van der Waals surface area contributed by atoms with Crippen LogP contribution in [0.5, 0.6) is 0 Å². The minimum atomic E-state index is -1.39. The lowest BCUT2D eigenvalue weighted by Gasteiger charge is -2.43. The average Bonchev–Trinajstić information content (AvgIpc) is 2.40. The molecule has 0 aromatic rings. The summed E-state index contributed by atoms with van der Waals surface area (Å²) in [7, 11) is 1.43. The summed E-state index contributed by atoms with van der Waals surface area (Å²) >= 11 is 0. The number of hydrogen-bond donors (Lipinski definition) is 1. The van der Waals surface area contributed by atoms with Crippen molar-refractivity contribution in [1.82, 2.24) is 0 Å². The molecule has 0 unspecified atom stereocenters. The second kappa shape index (κ2) is 8.28. The van der Waals surface area contributed by atoms with E-state index >= 15 is 0 Å². The van der Waals surface area contributed by atoms with Gasteiger partial charge in [0.1, 0.15) is 24.9 Å². The van der Waals surface area contributed by atoms with Crippen molar-refractivity contribution in [3.63, 3.8) is 0 Å². The van der Waals surface area contributed by atoms with Crippen molar-refractivity contribution in [3.05, 3.63) is 0 Å². The molecule has 1 saturated heterocycles. The third-order valence-corrected chi connectivity index (χ3v) is 2.99. The van der Waals surface area contributed by atoms with E-state index in [0.717, 1.165) is 0 Å². The Morgan fingerprint density at radius 2 is 1.81 bits per heavy atom. The minimum absolute atomic E-state index is 0.0960. The van der Waals surface area contributed by atoms with Crippen molar-refractivity contribution >= 4 is 11.9 Å². The van der Waals surface area contributed by atoms with Gasteiger partial charge in [-0.3, -0.25) is 9.59 Å². The van der Waals surface area contributed by atoms with Gasteiger partial charge in [0.15, 0.2) is 12.4 Å². The summed E-state index contributed by atoms with van der Waals surface area (Å²) in [5, 5.41) is 9.99. The lowest BCUT2D eigenvalue weighted by Crippen LogP contribution is -2.61. The van der Waals surface area contributed by atoms with Gasteiger partial charge in [-0.1, -0.05) is 0 Å². The van der Waals surface area contributed by atoms with Crippen LogP contribution in [0.2, 0.25) is 0 Å². The van der Waals surface area contributed by atoms with Gasteiger partial charge in [0.2, 0.25) is 0 Å². The molecule has 8 nitrogen and oxygen atoms in total. The molecule has 0 aliphatic carbocycles. The molecule has 1 N–H and O–H groups in total. The SMILES string of the molecule is CCO[C@@H]1[C@H](OC(C)=O)[C@@H](O)O[C@H](COC(C)=O)[C@H]1OC. The van der Waals surface area contributed by atoms with E-state index in [0.29, 0.717) is 6.61 Å². The average molecular weight is 306 g/mol.